The van der Waals surface area contributed by atoms with Crippen LogP contribution in [0.15, 0.2) is 35.6 Å². The molecule has 146 valence electrons. The summed E-state index contributed by atoms with van der Waals surface area (Å²) in [6, 6.07) is 9.07. The van der Waals surface area contributed by atoms with Gasteiger partial charge in [0.15, 0.2) is 11.0 Å². The van der Waals surface area contributed by atoms with Crippen LogP contribution in [0.3, 0.4) is 0 Å². The van der Waals surface area contributed by atoms with Gasteiger partial charge in [0.05, 0.1) is 5.75 Å². The van der Waals surface area contributed by atoms with E-state index in [1.54, 1.807) is 0 Å². The molecular weight excluding hydrogens is 370 g/mol. The van der Waals surface area contributed by atoms with Gasteiger partial charge in [-0.2, -0.15) is 0 Å². The summed E-state index contributed by atoms with van der Waals surface area (Å²) < 4.78 is 2.24. The molecule has 1 aliphatic heterocycles. The van der Waals surface area contributed by atoms with Crippen LogP contribution in [-0.4, -0.2) is 48.9 Å². The molecule has 0 bridgehead atoms. The third kappa shape index (κ3) is 3.21. The SMILES string of the molecule is CC1CCCCN1C(=O)CSc1nnc(-c2c[nH]c3ccccc23)n1C1CC1. The van der Waals surface area contributed by atoms with Crippen LogP contribution in [0, 0.1) is 0 Å². The molecule has 7 heteroatoms. The molecule has 28 heavy (non-hydrogen) atoms. The molecule has 2 aliphatic rings. The third-order valence-corrected chi connectivity index (χ3v) is 6.78. The number of rotatable bonds is 5. The van der Waals surface area contributed by atoms with Crippen LogP contribution in [0.25, 0.3) is 22.3 Å². The van der Waals surface area contributed by atoms with Crippen molar-refractivity contribution in [3.8, 4) is 11.4 Å². The van der Waals surface area contributed by atoms with Gasteiger partial charge in [-0.15, -0.1) is 10.2 Å². The van der Waals surface area contributed by atoms with Crippen LogP contribution in [0.4, 0.5) is 0 Å². The van der Waals surface area contributed by atoms with Crippen molar-refractivity contribution in [1.82, 2.24) is 24.6 Å². The van der Waals surface area contributed by atoms with Gasteiger partial charge in [0.2, 0.25) is 5.91 Å². The second-order valence-electron chi connectivity index (χ2n) is 7.88. The lowest BCUT2D eigenvalue weighted by Crippen LogP contribution is -2.43. The van der Waals surface area contributed by atoms with Gasteiger partial charge in [0, 0.05) is 41.3 Å². The van der Waals surface area contributed by atoms with E-state index >= 15 is 0 Å². The minimum Gasteiger partial charge on any atom is -0.360 e. The zero-order chi connectivity index (χ0) is 19.1. The summed E-state index contributed by atoms with van der Waals surface area (Å²) in [6.07, 6.45) is 7.77. The highest BCUT2D eigenvalue weighted by molar-refractivity contribution is 7.99. The summed E-state index contributed by atoms with van der Waals surface area (Å²) in [4.78, 5) is 18.1. The van der Waals surface area contributed by atoms with Crippen molar-refractivity contribution in [1.29, 1.82) is 0 Å². The quantitative estimate of drug-likeness (QED) is 0.656. The fourth-order valence-corrected chi connectivity index (χ4v) is 5.05. The first-order chi connectivity index (χ1) is 13.7. The van der Waals surface area contributed by atoms with E-state index in [0.29, 0.717) is 17.8 Å². The first-order valence-electron chi connectivity index (χ1n) is 10.2. The van der Waals surface area contributed by atoms with Crippen LogP contribution in [-0.2, 0) is 4.79 Å². The first kappa shape index (κ1) is 17.8. The standard InChI is InChI=1S/C21H25N5OS/c1-14-6-4-5-11-25(14)19(27)13-28-21-24-23-20(26(21)15-9-10-15)17-12-22-18-8-3-2-7-16(17)18/h2-3,7-8,12,14-15,22H,4-6,9-11,13H2,1H3. The molecule has 1 atom stereocenters. The average Bonchev–Trinajstić information content (AvgIpc) is 3.32. The number of hydrogen-bond donors (Lipinski definition) is 1. The summed E-state index contributed by atoms with van der Waals surface area (Å²) in [5.74, 6) is 1.56. The first-order valence-corrected chi connectivity index (χ1v) is 11.1. The van der Waals surface area contributed by atoms with Crippen molar-refractivity contribution in [2.45, 2.75) is 56.3 Å². The molecule has 0 spiro atoms. The van der Waals surface area contributed by atoms with Crippen molar-refractivity contribution in [2.24, 2.45) is 0 Å². The van der Waals surface area contributed by atoms with E-state index in [1.807, 2.05) is 23.2 Å². The van der Waals surface area contributed by atoms with E-state index in [4.69, 9.17) is 0 Å². The monoisotopic (exact) mass is 395 g/mol. The number of amides is 1. The molecule has 1 saturated heterocycles. The maximum atomic E-state index is 12.7. The molecule has 2 aromatic heterocycles. The highest BCUT2D eigenvalue weighted by Gasteiger charge is 2.31. The Morgan fingerprint density at radius 2 is 2.07 bits per heavy atom. The molecular formula is C21H25N5OS. The predicted molar refractivity (Wildman–Crippen MR) is 111 cm³/mol. The molecule has 1 unspecified atom stereocenters. The summed E-state index contributed by atoms with van der Waals surface area (Å²) in [5, 5.41) is 11.0. The number of nitrogens with one attached hydrogen (secondary N) is 1. The van der Waals surface area contributed by atoms with E-state index in [-0.39, 0.29) is 5.91 Å². The lowest BCUT2D eigenvalue weighted by Gasteiger charge is -2.33. The highest BCUT2D eigenvalue weighted by Crippen LogP contribution is 2.42. The van der Waals surface area contributed by atoms with Crippen molar-refractivity contribution < 1.29 is 4.79 Å². The van der Waals surface area contributed by atoms with Crippen LogP contribution < -0.4 is 0 Å². The van der Waals surface area contributed by atoms with Crippen LogP contribution in [0.1, 0.15) is 45.1 Å². The highest BCUT2D eigenvalue weighted by atomic mass is 32.2. The number of hydrogen-bond acceptors (Lipinski definition) is 4. The molecule has 5 rings (SSSR count). The summed E-state index contributed by atoms with van der Waals surface area (Å²) in [6.45, 7) is 3.04. The lowest BCUT2D eigenvalue weighted by atomic mass is 10.0. The normalized spacial score (nSPS) is 20.0. The average molecular weight is 396 g/mol. The largest absolute Gasteiger partial charge is 0.360 e. The Morgan fingerprint density at radius 1 is 1.21 bits per heavy atom. The van der Waals surface area contributed by atoms with Gasteiger partial charge in [0.25, 0.3) is 0 Å². The molecule has 1 amide bonds. The number of thioether (sulfide) groups is 1. The second kappa shape index (κ2) is 7.28. The zero-order valence-electron chi connectivity index (χ0n) is 16.1. The number of aromatic nitrogens is 4. The Bertz CT molecular complexity index is 1010. The molecule has 1 N–H and O–H groups in total. The van der Waals surface area contributed by atoms with Crippen molar-refractivity contribution in [2.75, 3.05) is 12.3 Å². The molecule has 1 aliphatic carbocycles. The molecule has 6 nitrogen and oxygen atoms in total. The van der Waals surface area contributed by atoms with Crippen LogP contribution >= 0.6 is 11.8 Å². The number of para-hydroxylation sites is 1. The zero-order valence-corrected chi connectivity index (χ0v) is 16.9. The van der Waals surface area contributed by atoms with Crippen molar-refractivity contribution in [3.63, 3.8) is 0 Å². The van der Waals surface area contributed by atoms with E-state index in [1.165, 1.54) is 18.2 Å². The summed E-state index contributed by atoms with van der Waals surface area (Å²) >= 11 is 1.53. The van der Waals surface area contributed by atoms with E-state index in [2.05, 4.69) is 38.8 Å². The van der Waals surface area contributed by atoms with Gasteiger partial charge in [0.1, 0.15) is 0 Å². The Hall–Kier alpha value is -2.28. The number of carbonyl (C=O) groups excluding carboxylic acids is 1. The van der Waals surface area contributed by atoms with Gasteiger partial charge in [-0.05, 0) is 45.1 Å². The Kier molecular flexibility index (Phi) is 4.62. The van der Waals surface area contributed by atoms with Gasteiger partial charge < -0.3 is 9.88 Å². The number of H-pyrrole nitrogens is 1. The Labute approximate surface area is 168 Å². The smallest absolute Gasteiger partial charge is 0.233 e. The lowest BCUT2D eigenvalue weighted by molar-refractivity contribution is -0.131. The van der Waals surface area contributed by atoms with Crippen LogP contribution in [0.2, 0.25) is 0 Å². The fraction of sp³-hybridized carbons (Fsp3) is 0.476. The Balaban J connectivity index is 1.40. The summed E-state index contributed by atoms with van der Waals surface area (Å²) in [5.41, 5.74) is 2.18. The number of aromatic amines is 1. The van der Waals surface area contributed by atoms with Crippen molar-refractivity contribution >= 4 is 28.6 Å². The molecule has 0 radical (unpaired) electrons. The van der Waals surface area contributed by atoms with Crippen LogP contribution in [0.5, 0.6) is 0 Å². The van der Waals surface area contributed by atoms with Crippen molar-refractivity contribution in [3.05, 3.63) is 30.5 Å². The maximum Gasteiger partial charge on any atom is 0.233 e. The molecule has 1 saturated carbocycles. The number of fused-ring (bicyclic) bond motifs is 1. The number of likely N-dealkylation sites (tertiary alicyclic amines) is 1. The predicted octanol–water partition coefficient (Wildman–Crippen LogP) is 4.25. The third-order valence-electron chi connectivity index (χ3n) is 5.85. The fourth-order valence-electron chi connectivity index (χ4n) is 4.16. The summed E-state index contributed by atoms with van der Waals surface area (Å²) in [7, 11) is 0. The van der Waals surface area contributed by atoms with Gasteiger partial charge in [-0.25, -0.2) is 0 Å². The van der Waals surface area contributed by atoms with E-state index in [9.17, 15) is 4.79 Å². The van der Waals surface area contributed by atoms with Gasteiger partial charge in [-0.1, -0.05) is 30.0 Å². The van der Waals surface area contributed by atoms with Gasteiger partial charge in [-0.3, -0.25) is 9.36 Å². The number of carbonyl (C=O) groups is 1. The minimum atomic E-state index is 0.219. The second-order valence-corrected chi connectivity index (χ2v) is 8.82. The molecule has 1 aromatic carbocycles. The maximum absolute atomic E-state index is 12.7. The molecule has 2 fully saturated rings. The van der Waals surface area contributed by atoms with E-state index < -0.39 is 0 Å². The topological polar surface area (TPSA) is 66.8 Å². The number of benzene rings is 1. The number of piperidine rings is 1. The number of nitrogens with zero attached hydrogens (tertiary/aromatic N) is 4. The Morgan fingerprint density at radius 3 is 2.89 bits per heavy atom. The van der Waals surface area contributed by atoms with Gasteiger partial charge >= 0.3 is 0 Å². The molecule has 3 heterocycles. The minimum absolute atomic E-state index is 0.219. The van der Waals surface area contributed by atoms with E-state index in [0.717, 1.165) is 59.7 Å². The molecule has 3 aromatic rings.